The number of H-pyrrole nitrogens is 1. The summed E-state index contributed by atoms with van der Waals surface area (Å²) in [4.78, 5) is 40.3. The van der Waals surface area contributed by atoms with Crippen molar-refractivity contribution in [3.05, 3.63) is 86.2 Å². The van der Waals surface area contributed by atoms with Crippen LogP contribution in [0.2, 0.25) is 0 Å². The molecule has 0 unspecified atom stereocenters. The molecule has 0 aliphatic rings. The third-order valence-electron chi connectivity index (χ3n) is 5.21. The van der Waals surface area contributed by atoms with Crippen LogP contribution in [0.25, 0.3) is 11.1 Å². The fourth-order valence-electron chi connectivity index (χ4n) is 3.42. The molecule has 0 saturated heterocycles. The molecule has 1 N–H and O–H groups in total. The van der Waals surface area contributed by atoms with Crippen LogP contribution < -0.4 is 5.56 Å². The van der Waals surface area contributed by atoms with E-state index in [1.54, 1.807) is 42.5 Å². The summed E-state index contributed by atoms with van der Waals surface area (Å²) in [5, 5.41) is 0. The first kappa shape index (κ1) is 26.3. The van der Waals surface area contributed by atoms with E-state index in [1.807, 2.05) is 6.92 Å². The lowest BCUT2D eigenvalue weighted by Crippen LogP contribution is -2.37. The average Bonchev–Trinajstić information content (AvgIpc) is 2.85. The topological polar surface area (TPSA) is 123 Å². The highest BCUT2D eigenvalue weighted by Gasteiger charge is 2.31. The summed E-state index contributed by atoms with van der Waals surface area (Å²) in [7, 11) is -1.92. The maximum Gasteiger partial charge on any atom is 0.340 e. The Morgan fingerprint density at radius 1 is 1.00 bits per heavy atom. The highest BCUT2D eigenvalue weighted by Crippen LogP contribution is 2.32. The monoisotopic (exact) mass is 562 g/mol. The third kappa shape index (κ3) is 5.69. The standard InChI is InChI=1S/C24H23BrN2O7S/c1-15-9-11-17(12-10-15)35(31,32)27(14-19(28)33-2)13-18-21(24(30)34-3)20(22(25)23(29)26-18)16-7-5-4-6-8-16/h4-12H,13-14H2,1-3H3,(H,26,29). The fourth-order valence-corrected chi connectivity index (χ4v) is 5.30. The van der Waals surface area contributed by atoms with E-state index in [4.69, 9.17) is 4.74 Å². The minimum atomic E-state index is -4.22. The Morgan fingerprint density at radius 3 is 2.20 bits per heavy atom. The SMILES string of the molecule is COC(=O)CN(Cc1[nH]c(=O)c(Br)c(-c2ccccc2)c1C(=O)OC)S(=O)(=O)c1ccc(C)cc1. The van der Waals surface area contributed by atoms with Crippen molar-refractivity contribution in [2.24, 2.45) is 0 Å². The molecule has 11 heteroatoms. The minimum absolute atomic E-state index is 0.0384. The van der Waals surface area contributed by atoms with Crippen molar-refractivity contribution in [1.82, 2.24) is 9.29 Å². The normalized spacial score (nSPS) is 11.3. The lowest BCUT2D eigenvalue weighted by Gasteiger charge is -2.23. The van der Waals surface area contributed by atoms with Crippen LogP contribution in [-0.2, 0) is 30.8 Å². The van der Waals surface area contributed by atoms with E-state index in [2.05, 4.69) is 25.7 Å². The number of carbonyl (C=O) groups is 2. The lowest BCUT2D eigenvalue weighted by atomic mass is 9.98. The van der Waals surface area contributed by atoms with Crippen molar-refractivity contribution in [3.63, 3.8) is 0 Å². The maximum absolute atomic E-state index is 13.5. The second kappa shape index (κ2) is 11.0. The molecule has 0 fully saturated rings. The number of aromatic nitrogens is 1. The molecule has 9 nitrogen and oxygen atoms in total. The summed E-state index contributed by atoms with van der Waals surface area (Å²) in [5.41, 5.74) is 0.955. The molecule has 2 aromatic carbocycles. The Kier molecular flexibility index (Phi) is 8.26. The number of esters is 2. The van der Waals surface area contributed by atoms with Gasteiger partial charge in [0.25, 0.3) is 5.56 Å². The van der Waals surface area contributed by atoms with E-state index < -0.39 is 40.6 Å². The fraction of sp³-hybridized carbons (Fsp3) is 0.208. The molecule has 3 rings (SSSR count). The third-order valence-corrected chi connectivity index (χ3v) is 7.78. The molecule has 184 valence electrons. The number of hydrogen-bond donors (Lipinski definition) is 1. The number of benzene rings is 2. The Balaban J connectivity index is 2.23. The van der Waals surface area contributed by atoms with Gasteiger partial charge in [0.05, 0.1) is 35.7 Å². The molecule has 3 aromatic rings. The molecule has 0 aliphatic carbocycles. The highest BCUT2D eigenvalue weighted by molar-refractivity contribution is 9.10. The van der Waals surface area contributed by atoms with Gasteiger partial charge in [-0.05, 0) is 40.5 Å². The van der Waals surface area contributed by atoms with Gasteiger partial charge in [-0.25, -0.2) is 13.2 Å². The number of pyridine rings is 1. The summed E-state index contributed by atoms with van der Waals surface area (Å²) in [6, 6.07) is 14.7. The van der Waals surface area contributed by atoms with E-state index in [0.29, 0.717) is 5.56 Å². The van der Waals surface area contributed by atoms with E-state index in [9.17, 15) is 22.8 Å². The Morgan fingerprint density at radius 2 is 1.63 bits per heavy atom. The highest BCUT2D eigenvalue weighted by atomic mass is 79.9. The number of hydrogen-bond acceptors (Lipinski definition) is 7. The number of methoxy groups -OCH3 is 2. The lowest BCUT2D eigenvalue weighted by molar-refractivity contribution is -0.140. The number of rotatable bonds is 8. The van der Waals surface area contributed by atoms with Crippen LogP contribution in [0.4, 0.5) is 0 Å². The van der Waals surface area contributed by atoms with Crippen molar-refractivity contribution in [2.75, 3.05) is 20.8 Å². The molecule has 35 heavy (non-hydrogen) atoms. The molecule has 0 aliphatic heterocycles. The molecule has 0 amide bonds. The van der Waals surface area contributed by atoms with Gasteiger partial charge >= 0.3 is 11.9 Å². The van der Waals surface area contributed by atoms with Gasteiger partial charge in [0.2, 0.25) is 10.0 Å². The summed E-state index contributed by atoms with van der Waals surface area (Å²) in [5.74, 6) is -1.61. The first-order chi connectivity index (χ1) is 16.6. The number of aromatic amines is 1. The van der Waals surface area contributed by atoms with Gasteiger partial charge in [0.1, 0.15) is 6.54 Å². The molecule has 0 spiro atoms. The molecular weight excluding hydrogens is 540 g/mol. The summed E-state index contributed by atoms with van der Waals surface area (Å²) in [6.07, 6.45) is 0. The second-order valence-electron chi connectivity index (χ2n) is 7.52. The smallest absolute Gasteiger partial charge is 0.340 e. The number of halogens is 1. The number of aryl methyl sites for hydroxylation is 1. The van der Waals surface area contributed by atoms with Gasteiger partial charge in [0.15, 0.2) is 0 Å². The van der Waals surface area contributed by atoms with Crippen LogP contribution in [0, 0.1) is 6.92 Å². The van der Waals surface area contributed by atoms with Gasteiger partial charge in [-0.15, -0.1) is 0 Å². The maximum atomic E-state index is 13.5. The van der Waals surface area contributed by atoms with Gasteiger partial charge in [0, 0.05) is 11.3 Å². The van der Waals surface area contributed by atoms with E-state index in [1.165, 1.54) is 19.2 Å². The Hall–Kier alpha value is -3.28. The Labute approximate surface area is 210 Å². The van der Waals surface area contributed by atoms with E-state index >= 15 is 0 Å². The summed E-state index contributed by atoms with van der Waals surface area (Å²) >= 11 is 3.24. The van der Waals surface area contributed by atoms with Crippen molar-refractivity contribution in [3.8, 4) is 11.1 Å². The molecule has 0 bridgehead atoms. The van der Waals surface area contributed by atoms with Crippen LogP contribution in [0.3, 0.4) is 0 Å². The van der Waals surface area contributed by atoms with Crippen LogP contribution >= 0.6 is 15.9 Å². The average molecular weight is 563 g/mol. The van der Waals surface area contributed by atoms with Crippen LogP contribution in [0.5, 0.6) is 0 Å². The first-order valence-electron chi connectivity index (χ1n) is 10.3. The first-order valence-corrected chi connectivity index (χ1v) is 12.6. The second-order valence-corrected chi connectivity index (χ2v) is 10.2. The molecule has 1 heterocycles. The van der Waals surface area contributed by atoms with Crippen LogP contribution in [0.1, 0.15) is 21.6 Å². The van der Waals surface area contributed by atoms with Crippen LogP contribution in [0.15, 0.2) is 68.8 Å². The van der Waals surface area contributed by atoms with E-state index in [-0.39, 0.29) is 26.2 Å². The zero-order chi connectivity index (χ0) is 25.8. The van der Waals surface area contributed by atoms with Crippen molar-refractivity contribution >= 4 is 37.9 Å². The molecule has 0 atom stereocenters. The predicted molar refractivity (Wildman–Crippen MR) is 132 cm³/mol. The van der Waals surface area contributed by atoms with Gasteiger partial charge in [-0.1, -0.05) is 48.0 Å². The summed E-state index contributed by atoms with van der Waals surface area (Å²) < 4.78 is 37.5. The zero-order valence-corrected chi connectivity index (χ0v) is 21.6. The predicted octanol–water partition coefficient (Wildman–Crippen LogP) is 3.26. The number of ether oxygens (including phenoxy) is 2. The summed E-state index contributed by atoms with van der Waals surface area (Å²) in [6.45, 7) is 0.660. The number of carbonyl (C=O) groups excluding carboxylic acids is 2. The molecular formula is C24H23BrN2O7S. The molecule has 1 aromatic heterocycles. The van der Waals surface area contributed by atoms with Crippen molar-refractivity contribution < 1.29 is 27.5 Å². The Bertz CT molecular complexity index is 1400. The van der Waals surface area contributed by atoms with Crippen LogP contribution in [-0.4, -0.2) is 50.4 Å². The molecule has 0 saturated carbocycles. The van der Waals surface area contributed by atoms with Gasteiger partial charge in [-0.3, -0.25) is 9.59 Å². The zero-order valence-electron chi connectivity index (χ0n) is 19.2. The van der Waals surface area contributed by atoms with Crippen molar-refractivity contribution in [2.45, 2.75) is 18.4 Å². The van der Waals surface area contributed by atoms with Gasteiger partial charge < -0.3 is 14.5 Å². The van der Waals surface area contributed by atoms with E-state index in [0.717, 1.165) is 17.0 Å². The largest absolute Gasteiger partial charge is 0.468 e. The minimum Gasteiger partial charge on any atom is -0.468 e. The quantitative estimate of drug-likeness (QED) is 0.418. The van der Waals surface area contributed by atoms with Gasteiger partial charge in [-0.2, -0.15) is 4.31 Å². The number of sulfonamides is 1. The number of nitrogens with zero attached hydrogens (tertiary/aromatic N) is 1. The number of nitrogens with one attached hydrogen (secondary N) is 1. The molecule has 0 radical (unpaired) electrons. The van der Waals surface area contributed by atoms with Crippen molar-refractivity contribution in [1.29, 1.82) is 0 Å².